The van der Waals surface area contributed by atoms with Crippen LogP contribution in [0.25, 0.3) is 0 Å². The molecule has 1 aliphatic rings. The van der Waals surface area contributed by atoms with Crippen molar-refractivity contribution < 1.29 is 32.0 Å². The van der Waals surface area contributed by atoms with Crippen molar-refractivity contribution in [1.29, 1.82) is 0 Å². The molecule has 2 atom stereocenters. The molecule has 0 amide bonds. The van der Waals surface area contributed by atoms with E-state index in [1.54, 1.807) is 0 Å². The first-order chi connectivity index (χ1) is 14.2. The molecule has 0 bridgehead atoms. The third kappa shape index (κ3) is 6.64. The summed E-state index contributed by atoms with van der Waals surface area (Å²) in [7, 11) is 1.90. The highest BCUT2D eigenvalue weighted by atomic mass is 32.2. The Morgan fingerprint density at radius 1 is 0.967 bits per heavy atom. The van der Waals surface area contributed by atoms with Gasteiger partial charge in [0, 0.05) is 0 Å². The fourth-order valence-corrected chi connectivity index (χ4v) is 4.21. The smallest absolute Gasteiger partial charge is 0.315 e. The normalized spacial score (nSPS) is 19.2. The quantitative estimate of drug-likeness (QED) is 0.236. The van der Waals surface area contributed by atoms with Crippen LogP contribution in [0.1, 0.15) is 42.4 Å². The highest BCUT2D eigenvalue weighted by molar-refractivity contribution is 7.85. The maximum atomic E-state index is 13.0. The number of carbonyl (C=O) groups is 2. The van der Waals surface area contributed by atoms with E-state index in [-0.39, 0.29) is 0 Å². The maximum absolute atomic E-state index is 13.0. The summed E-state index contributed by atoms with van der Waals surface area (Å²) in [6.45, 7) is -0.436. The van der Waals surface area contributed by atoms with E-state index in [0.717, 1.165) is 42.9 Å². The average Bonchev–Trinajstić information content (AvgIpc) is 2.72. The number of hydrogen-bond donors (Lipinski definition) is 1. The van der Waals surface area contributed by atoms with Gasteiger partial charge in [-0.05, 0) is 24.0 Å². The number of benzene rings is 1. The van der Waals surface area contributed by atoms with Gasteiger partial charge in [0.05, 0.1) is 11.8 Å². The van der Waals surface area contributed by atoms with Crippen molar-refractivity contribution >= 4 is 45.6 Å². The molecule has 0 radical (unpaired) electrons. The Morgan fingerprint density at radius 3 is 1.97 bits per heavy atom. The zero-order valence-corrected chi connectivity index (χ0v) is 18.8. The van der Waals surface area contributed by atoms with Gasteiger partial charge in [-0.3, -0.25) is 14.1 Å². The lowest BCUT2D eigenvalue weighted by Crippen LogP contribution is -2.37. The molecule has 11 heteroatoms. The first-order valence-corrected chi connectivity index (χ1v) is 12.3. The number of carbonyl (C=O) groups excluding carboxylic acids is 2. The molecule has 0 aromatic heterocycles. The molecule has 1 aromatic rings. The van der Waals surface area contributed by atoms with E-state index in [4.69, 9.17) is 14.0 Å². The lowest BCUT2D eigenvalue weighted by Gasteiger charge is -2.28. The molecule has 7 nitrogen and oxygen atoms in total. The molecule has 0 aliphatic heterocycles. The fourth-order valence-electron chi connectivity index (χ4n) is 3.91. The van der Waals surface area contributed by atoms with Crippen molar-refractivity contribution in [2.45, 2.75) is 44.6 Å². The Bertz CT molecular complexity index is 848. The summed E-state index contributed by atoms with van der Waals surface area (Å²) >= 11 is 0. The van der Waals surface area contributed by atoms with Gasteiger partial charge in [-0.2, -0.15) is 8.42 Å². The zero-order chi connectivity index (χ0) is 22.3. The second kappa shape index (κ2) is 11.0. The lowest BCUT2D eigenvalue weighted by atomic mass is 9.79. The minimum atomic E-state index is -4.21. The number of ether oxygens (including phenoxy) is 2. The van der Waals surface area contributed by atoms with Gasteiger partial charge < -0.3 is 9.47 Å². The molecule has 2 rings (SSSR count). The molecular formula is C19H29B3O7S. The highest BCUT2D eigenvalue weighted by Crippen LogP contribution is 2.34. The van der Waals surface area contributed by atoms with Crippen LogP contribution in [0.5, 0.6) is 5.75 Å². The van der Waals surface area contributed by atoms with Crippen LogP contribution in [-0.4, -0.2) is 60.8 Å². The van der Waals surface area contributed by atoms with Gasteiger partial charge in [-0.25, -0.2) is 0 Å². The Hall–Kier alpha value is -1.74. The van der Waals surface area contributed by atoms with Gasteiger partial charge in [-0.1, -0.05) is 49.5 Å². The average molecular weight is 434 g/mol. The van der Waals surface area contributed by atoms with E-state index in [1.165, 1.54) is 5.56 Å². The molecule has 1 fully saturated rings. The Labute approximate surface area is 181 Å². The second-order valence-electron chi connectivity index (χ2n) is 7.68. The van der Waals surface area contributed by atoms with E-state index in [2.05, 4.69) is 20.0 Å². The van der Waals surface area contributed by atoms with E-state index < -0.39 is 46.3 Å². The molecular weight excluding hydrogens is 405 g/mol. The van der Waals surface area contributed by atoms with Gasteiger partial charge in [0.1, 0.15) is 41.6 Å². The molecule has 1 N–H and O–H groups in total. The predicted molar refractivity (Wildman–Crippen MR) is 122 cm³/mol. The summed E-state index contributed by atoms with van der Waals surface area (Å²) in [5.41, 5.74) is 3.15. The van der Waals surface area contributed by atoms with Gasteiger partial charge in [0.15, 0.2) is 0 Å². The van der Waals surface area contributed by atoms with Crippen LogP contribution in [0.15, 0.2) is 12.1 Å². The molecule has 0 heterocycles. The molecule has 162 valence electrons. The Morgan fingerprint density at radius 2 is 1.50 bits per heavy atom. The van der Waals surface area contributed by atoms with Gasteiger partial charge in [0.25, 0.3) is 10.1 Å². The van der Waals surface area contributed by atoms with Crippen molar-refractivity contribution in [3.05, 3.63) is 28.8 Å². The molecule has 0 saturated heterocycles. The van der Waals surface area contributed by atoms with Crippen LogP contribution < -0.4 is 4.74 Å². The third-order valence-corrected chi connectivity index (χ3v) is 6.31. The van der Waals surface area contributed by atoms with E-state index >= 15 is 0 Å². The van der Waals surface area contributed by atoms with Crippen LogP contribution in [0, 0.1) is 11.8 Å². The molecule has 2 unspecified atom stereocenters. The Balaban J connectivity index is 2.17. The predicted octanol–water partition coefficient (Wildman–Crippen LogP) is -0.771. The van der Waals surface area contributed by atoms with Gasteiger partial charge in [-0.15, -0.1) is 0 Å². The summed E-state index contributed by atoms with van der Waals surface area (Å²) in [4.78, 5) is 25.5. The molecule has 1 saturated carbocycles. The SMILES string of the molecule is BCc1cc(CB)c(OC(=O)C2CCCCC2C(=O)OCCS(=O)(=O)O)c(CB)c1. The highest BCUT2D eigenvalue weighted by Gasteiger charge is 2.38. The summed E-state index contributed by atoms with van der Waals surface area (Å²) in [6, 6.07) is 4.12. The van der Waals surface area contributed by atoms with Crippen LogP contribution >= 0.6 is 0 Å². The van der Waals surface area contributed by atoms with Crippen LogP contribution in [0.2, 0.25) is 0 Å². The van der Waals surface area contributed by atoms with Crippen molar-refractivity contribution in [3.63, 3.8) is 0 Å². The minimum Gasteiger partial charge on any atom is -0.464 e. The van der Waals surface area contributed by atoms with Crippen LogP contribution in [-0.2, 0) is 43.4 Å². The number of esters is 2. The van der Waals surface area contributed by atoms with E-state index in [0.29, 0.717) is 18.6 Å². The topological polar surface area (TPSA) is 107 Å². The van der Waals surface area contributed by atoms with E-state index in [9.17, 15) is 18.0 Å². The van der Waals surface area contributed by atoms with Crippen molar-refractivity contribution in [2.24, 2.45) is 11.8 Å². The van der Waals surface area contributed by atoms with Crippen molar-refractivity contribution in [3.8, 4) is 5.75 Å². The van der Waals surface area contributed by atoms with E-state index in [1.807, 2.05) is 15.7 Å². The summed E-state index contributed by atoms with van der Waals surface area (Å²) in [5, 5.41) is 0. The summed E-state index contributed by atoms with van der Waals surface area (Å²) in [5.74, 6) is -2.43. The standard InChI is InChI=1S/C19H29B3O7S/c20-9-12-7-13(10-21)17(14(8-12)11-22)29-19(24)16-4-2-1-3-15(16)18(23)28-5-6-30(25,26)27/h7-8,15-16H,1-6,9-11,20-22H2,(H,25,26,27). The second-order valence-corrected chi connectivity index (χ2v) is 9.25. The minimum absolute atomic E-state index is 0.436. The Kier molecular flexibility index (Phi) is 9.03. The molecule has 1 aliphatic carbocycles. The molecule has 30 heavy (non-hydrogen) atoms. The lowest BCUT2D eigenvalue weighted by molar-refractivity contribution is -0.158. The maximum Gasteiger partial charge on any atom is 0.315 e. The van der Waals surface area contributed by atoms with Crippen LogP contribution in [0.4, 0.5) is 0 Å². The molecule has 0 spiro atoms. The zero-order valence-electron chi connectivity index (χ0n) is 18.0. The van der Waals surface area contributed by atoms with Crippen molar-refractivity contribution in [2.75, 3.05) is 12.4 Å². The first-order valence-electron chi connectivity index (χ1n) is 10.7. The largest absolute Gasteiger partial charge is 0.464 e. The monoisotopic (exact) mass is 434 g/mol. The van der Waals surface area contributed by atoms with Crippen LogP contribution in [0.3, 0.4) is 0 Å². The third-order valence-electron chi connectivity index (χ3n) is 5.63. The summed E-state index contributed by atoms with van der Waals surface area (Å²) in [6.07, 6.45) is 4.96. The fraction of sp³-hybridized carbons (Fsp3) is 0.579. The number of hydrogen-bond acceptors (Lipinski definition) is 6. The first kappa shape index (κ1) is 24.5. The van der Waals surface area contributed by atoms with Gasteiger partial charge in [0.2, 0.25) is 0 Å². The van der Waals surface area contributed by atoms with Crippen molar-refractivity contribution in [1.82, 2.24) is 0 Å². The summed E-state index contributed by atoms with van der Waals surface area (Å²) < 4.78 is 41.3. The van der Waals surface area contributed by atoms with Gasteiger partial charge >= 0.3 is 11.9 Å². The molecule has 1 aromatic carbocycles. The number of rotatable bonds is 9.